The maximum Gasteiger partial charge on any atom is 0.247 e. The summed E-state index contributed by atoms with van der Waals surface area (Å²) >= 11 is 6.24. The van der Waals surface area contributed by atoms with E-state index in [1.165, 1.54) is 6.07 Å². The van der Waals surface area contributed by atoms with E-state index in [0.29, 0.717) is 16.5 Å². The summed E-state index contributed by atoms with van der Waals surface area (Å²) in [5, 5.41) is 12.2. The van der Waals surface area contributed by atoms with Crippen molar-refractivity contribution in [1.29, 1.82) is 0 Å². The van der Waals surface area contributed by atoms with Crippen LogP contribution in [0.4, 0.5) is 10.1 Å². The van der Waals surface area contributed by atoms with Gasteiger partial charge in [0.2, 0.25) is 11.8 Å². The molecule has 0 radical (unpaired) electrons. The number of hydrogen-bond acceptors (Lipinski definition) is 4. The lowest BCUT2D eigenvalue weighted by atomic mass is 10.0. The average Bonchev–Trinajstić information content (AvgIpc) is 3.20. The minimum atomic E-state index is -0.664. The van der Waals surface area contributed by atoms with Crippen LogP contribution in [-0.4, -0.2) is 10.2 Å². The zero-order valence-corrected chi connectivity index (χ0v) is 15.8. The van der Waals surface area contributed by atoms with Crippen molar-refractivity contribution in [2.75, 3.05) is 5.32 Å². The number of anilines is 1. The SMILES string of the molecule is Cc1c(Cl)cccc1NC(c1nnc(-c2ccccc2)o1)c1ccccc1F. The molecule has 0 aliphatic rings. The number of benzene rings is 3. The summed E-state index contributed by atoms with van der Waals surface area (Å²) in [5.41, 5.74) is 2.83. The van der Waals surface area contributed by atoms with Crippen molar-refractivity contribution in [3.63, 3.8) is 0 Å². The van der Waals surface area contributed by atoms with Crippen LogP contribution >= 0.6 is 11.6 Å². The molecule has 0 amide bonds. The Morgan fingerprint density at radius 3 is 2.46 bits per heavy atom. The Kier molecular flexibility index (Phi) is 5.08. The van der Waals surface area contributed by atoms with Gasteiger partial charge >= 0.3 is 0 Å². The van der Waals surface area contributed by atoms with Gasteiger partial charge in [-0.25, -0.2) is 4.39 Å². The number of rotatable bonds is 5. The van der Waals surface area contributed by atoms with Gasteiger partial charge in [-0.1, -0.05) is 54.1 Å². The first-order valence-corrected chi connectivity index (χ1v) is 9.16. The maximum atomic E-state index is 14.6. The topological polar surface area (TPSA) is 51.0 Å². The van der Waals surface area contributed by atoms with Crippen molar-refractivity contribution in [3.05, 3.63) is 101 Å². The zero-order chi connectivity index (χ0) is 19.5. The quantitative estimate of drug-likeness (QED) is 0.449. The number of hydrogen-bond donors (Lipinski definition) is 1. The summed E-state index contributed by atoms with van der Waals surface area (Å²) in [5.74, 6) is 0.282. The summed E-state index contributed by atoms with van der Waals surface area (Å²) in [6.45, 7) is 1.90. The van der Waals surface area contributed by atoms with Gasteiger partial charge in [-0.3, -0.25) is 0 Å². The summed E-state index contributed by atoms with van der Waals surface area (Å²) in [6, 6.07) is 20.8. The highest BCUT2D eigenvalue weighted by atomic mass is 35.5. The van der Waals surface area contributed by atoms with E-state index in [0.717, 1.165) is 16.8 Å². The largest absolute Gasteiger partial charge is 0.418 e. The predicted octanol–water partition coefficient (Wildman–Crippen LogP) is 6.04. The second-order valence-electron chi connectivity index (χ2n) is 6.32. The molecule has 1 aromatic heterocycles. The first-order valence-electron chi connectivity index (χ1n) is 8.78. The highest BCUT2D eigenvalue weighted by Gasteiger charge is 2.25. The van der Waals surface area contributed by atoms with Gasteiger partial charge < -0.3 is 9.73 Å². The zero-order valence-electron chi connectivity index (χ0n) is 15.1. The molecule has 1 atom stereocenters. The van der Waals surface area contributed by atoms with Crippen molar-refractivity contribution in [3.8, 4) is 11.5 Å². The first kappa shape index (κ1) is 18.2. The van der Waals surface area contributed by atoms with Crippen LogP contribution in [0.15, 0.2) is 77.2 Å². The molecule has 1 unspecified atom stereocenters. The van der Waals surface area contributed by atoms with Gasteiger partial charge in [0.25, 0.3) is 0 Å². The van der Waals surface area contributed by atoms with E-state index in [1.54, 1.807) is 24.3 Å². The van der Waals surface area contributed by atoms with Crippen LogP contribution in [-0.2, 0) is 0 Å². The van der Waals surface area contributed by atoms with E-state index in [2.05, 4.69) is 15.5 Å². The van der Waals surface area contributed by atoms with E-state index in [1.807, 2.05) is 49.4 Å². The lowest BCUT2D eigenvalue weighted by molar-refractivity contribution is 0.485. The van der Waals surface area contributed by atoms with E-state index in [4.69, 9.17) is 16.0 Å². The second-order valence-corrected chi connectivity index (χ2v) is 6.73. The van der Waals surface area contributed by atoms with E-state index in [-0.39, 0.29) is 11.7 Å². The van der Waals surface area contributed by atoms with E-state index in [9.17, 15) is 4.39 Å². The molecule has 4 rings (SSSR count). The van der Waals surface area contributed by atoms with Crippen molar-refractivity contribution in [2.24, 2.45) is 0 Å². The van der Waals surface area contributed by atoms with Gasteiger partial charge in [0.15, 0.2) is 0 Å². The minimum absolute atomic E-state index is 0.267. The minimum Gasteiger partial charge on any atom is -0.418 e. The Labute approximate surface area is 167 Å². The Morgan fingerprint density at radius 2 is 1.68 bits per heavy atom. The molecule has 6 heteroatoms. The molecule has 0 fully saturated rings. The van der Waals surface area contributed by atoms with Gasteiger partial charge in [0.1, 0.15) is 11.9 Å². The molecule has 140 valence electrons. The third-order valence-corrected chi connectivity index (χ3v) is 4.90. The molecule has 3 aromatic carbocycles. The first-order chi connectivity index (χ1) is 13.6. The molecule has 0 aliphatic heterocycles. The van der Waals surface area contributed by atoms with Crippen LogP contribution < -0.4 is 5.32 Å². The Hall–Kier alpha value is -3.18. The second kappa shape index (κ2) is 7.82. The van der Waals surface area contributed by atoms with Gasteiger partial charge in [-0.05, 0) is 42.8 Å². The van der Waals surface area contributed by atoms with Gasteiger partial charge in [-0.2, -0.15) is 0 Å². The van der Waals surface area contributed by atoms with Crippen LogP contribution in [0.5, 0.6) is 0 Å². The van der Waals surface area contributed by atoms with Crippen molar-refractivity contribution < 1.29 is 8.81 Å². The monoisotopic (exact) mass is 393 g/mol. The predicted molar refractivity (Wildman–Crippen MR) is 108 cm³/mol. The molecule has 28 heavy (non-hydrogen) atoms. The molecule has 4 aromatic rings. The van der Waals surface area contributed by atoms with Gasteiger partial charge in [-0.15, -0.1) is 10.2 Å². The Balaban J connectivity index is 1.77. The fourth-order valence-electron chi connectivity index (χ4n) is 2.95. The molecular formula is C22H17ClFN3O. The number of halogens is 2. The molecule has 0 saturated heterocycles. The Bertz CT molecular complexity index is 1100. The summed E-state index contributed by atoms with van der Waals surface area (Å²) in [6.07, 6.45) is 0. The molecule has 0 spiro atoms. The normalized spacial score (nSPS) is 12.0. The average molecular weight is 394 g/mol. The molecule has 1 N–H and O–H groups in total. The third kappa shape index (κ3) is 3.62. The standard InChI is InChI=1S/C22H17ClFN3O/c1-14-17(23)11-7-13-19(14)25-20(16-10-5-6-12-18(16)24)22-27-26-21(28-22)15-8-3-2-4-9-15/h2-13,20,25H,1H3. The van der Waals surface area contributed by atoms with Crippen LogP contribution in [0.25, 0.3) is 11.5 Å². The van der Waals surface area contributed by atoms with Crippen molar-refractivity contribution in [2.45, 2.75) is 13.0 Å². The molecular weight excluding hydrogens is 377 g/mol. The number of aromatic nitrogens is 2. The molecule has 0 aliphatic carbocycles. The smallest absolute Gasteiger partial charge is 0.247 e. The third-order valence-electron chi connectivity index (χ3n) is 4.49. The van der Waals surface area contributed by atoms with Gasteiger partial charge in [0.05, 0.1) is 0 Å². The highest BCUT2D eigenvalue weighted by molar-refractivity contribution is 6.31. The number of nitrogens with one attached hydrogen (secondary N) is 1. The maximum absolute atomic E-state index is 14.6. The molecule has 4 nitrogen and oxygen atoms in total. The number of nitrogens with zero attached hydrogens (tertiary/aromatic N) is 2. The van der Waals surface area contributed by atoms with E-state index < -0.39 is 6.04 Å². The molecule has 0 bridgehead atoms. The Morgan fingerprint density at radius 1 is 0.929 bits per heavy atom. The highest BCUT2D eigenvalue weighted by Crippen LogP contribution is 2.32. The van der Waals surface area contributed by atoms with Crippen LogP contribution in [0.3, 0.4) is 0 Å². The fourth-order valence-corrected chi connectivity index (χ4v) is 3.12. The van der Waals surface area contributed by atoms with Gasteiger partial charge in [0, 0.05) is 21.8 Å². The summed E-state index contributed by atoms with van der Waals surface area (Å²) in [7, 11) is 0. The summed E-state index contributed by atoms with van der Waals surface area (Å²) in [4.78, 5) is 0. The van der Waals surface area contributed by atoms with Crippen molar-refractivity contribution in [1.82, 2.24) is 10.2 Å². The van der Waals surface area contributed by atoms with E-state index >= 15 is 0 Å². The molecule has 0 saturated carbocycles. The fraction of sp³-hybridized carbons (Fsp3) is 0.0909. The van der Waals surface area contributed by atoms with Crippen LogP contribution in [0, 0.1) is 12.7 Å². The lowest BCUT2D eigenvalue weighted by Gasteiger charge is -2.19. The van der Waals surface area contributed by atoms with Crippen LogP contribution in [0.2, 0.25) is 5.02 Å². The van der Waals surface area contributed by atoms with Crippen molar-refractivity contribution >= 4 is 17.3 Å². The van der Waals surface area contributed by atoms with Crippen LogP contribution in [0.1, 0.15) is 23.1 Å². The molecule has 1 heterocycles. The lowest BCUT2D eigenvalue weighted by Crippen LogP contribution is -2.15. The summed E-state index contributed by atoms with van der Waals surface area (Å²) < 4.78 is 20.5.